The van der Waals surface area contributed by atoms with Crippen LogP contribution in [-0.2, 0) is 66.5 Å². The van der Waals surface area contributed by atoms with E-state index in [1.165, 1.54) is 6.92 Å². The molecule has 2 aliphatic rings. The molecule has 2 saturated heterocycles. The van der Waals surface area contributed by atoms with Gasteiger partial charge in [0, 0.05) is 18.8 Å². The summed E-state index contributed by atoms with van der Waals surface area (Å²) in [6.45, 7) is 7.84. The number of nitrogens with one attached hydrogen (secondary N) is 2. The van der Waals surface area contributed by atoms with E-state index in [1.54, 1.807) is 34.6 Å². The van der Waals surface area contributed by atoms with Crippen molar-refractivity contribution in [2.45, 2.75) is 185 Å². The fraction of sp³-hybridized carbons (Fsp3) is 0.846. The van der Waals surface area contributed by atoms with E-state index in [2.05, 4.69) is 10.6 Å². The lowest BCUT2D eigenvalue weighted by molar-refractivity contribution is -0.293. The second-order valence-electron chi connectivity index (χ2n) is 15.4. The van der Waals surface area contributed by atoms with Gasteiger partial charge in [-0.3, -0.25) is 33.3 Å². The Bertz CT molecular complexity index is 1530. The molecule has 0 spiro atoms. The molecule has 24 heteroatoms. The smallest absolute Gasteiger partial charge is 0.326 e. The minimum absolute atomic E-state index is 0.00108. The number of carbonyl (C=O) groups is 6. The van der Waals surface area contributed by atoms with Gasteiger partial charge in [0.15, 0.2) is 18.7 Å². The second kappa shape index (κ2) is 27.2. The van der Waals surface area contributed by atoms with E-state index >= 15 is 0 Å². The molecule has 0 saturated carbocycles. The summed E-state index contributed by atoms with van der Waals surface area (Å²) >= 11 is 0. The van der Waals surface area contributed by atoms with E-state index in [4.69, 9.17) is 33.2 Å². The van der Waals surface area contributed by atoms with Gasteiger partial charge in [0.25, 0.3) is 0 Å². The summed E-state index contributed by atoms with van der Waals surface area (Å²) in [5, 5.41) is 58.1. The number of rotatable bonds is 26. The number of ether oxygens (including phenoxy) is 7. The average molecular weight is 931 g/mol. The first-order chi connectivity index (χ1) is 29.6. The van der Waals surface area contributed by atoms with Crippen LogP contribution in [0.4, 0.5) is 0 Å². The summed E-state index contributed by atoms with van der Waals surface area (Å²) in [6.07, 6.45) is -18.8. The van der Waals surface area contributed by atoms with Crippen LogP contribution in [0.5, 0.6) is 0 Å². The normalized spacial score (nSPS) is 28.1. The van der Waals surface area contributed by atoms with Crippen molar-refractivity contribution in [3.63, 3.8) is 0 Å². The van der Waals surface area contributed by atoms with Crippen LogP contribution in [0, 0.1) is 5.92 Å². The van der Waals surface area contributed by atoms with Gasteiger partial charge in [0.2, 0.25) is 11.8 Å². The van der Waals surface area contributed by atoms with E-state index < -0.39 is 174 Å². The van der Waals surface area contributed by atoms with Crippen LogP contribution in [0.1, 0.15) is 106 Å². The SMILES string of the molecule is CCC(=O)O[C@H](CC)CC(=O)NC1[C@H](OCC2OC(O)C(NC(=O)C[C@H](O)CC)[C@@H](OC(=O)C[C@H](O)CC)[C@H]2O)OC(CO)[C@H](CP(=O)(O)O)[C@@H]1OC(=O)C[C@@H](CC)OC(=O)CC. The van der Waals surface area contributed by atoms with Gasteiger partial charge >= 0.3 is 31.5 Å². The van der Waals surface area contributed by atoms with E-state index in [9.17, 15) is 68.7 Å². The molecular weight excluding hydrogens is 863 g/mol. The lowest BCUT2D eigenvalue weighted by atomic mass is 9.88. The third-order valence-electron chi connectivity index (χ3n) is 10.4. The summed E-state index contributed by atoms with van der Waals surface area (Å²) in [7, 11) is -5.00. The highest BCUT2D eigenvalue weighted by atomic mass is 31.2. The number of amides is 2. The molecule has 14 atom stereocenters. The van der Waals surface area contributed by atoms with Crippen LogP contribution in [0.25, 0.3) is 0 Å². The predicted octanol–water partition coefficient (Wildman–Crippen LogP) is -1.05. The van der Waals surface area contributed by atoms with Crippen LogP contribution in [-0.4, -0.2) is 170 Å². The van der Waals surface area contributed by atoms with Crippen molar-refractivity contribution < 1.29 is 102 Å². The van der Waals surface area contributed by atoms with Crippen molar-refractivity contribution in [1.82, 2.24) is 10.6 Å². The van der Waals surface area contributed by atoms with Crippen LogP contribution in [0.3, 0.4) is 0 Å². The Morgan fingerprint density at radius 3 is 1.68 bits per heavy atom. The number of aliphatic hydroxyl groups excluding tert-OH is 5. The first kappa shape index (κ1) is 55.8. The monoisotopic (exact) mass is 930 g/mol. The molecule has 0 aromatic rings. The maximum absolute atomic E-state index is 13.7. The topological polar surface area (TPSA) is 350 Å². The maximum Gasteiger partial charge on any atom is 0.326 e. The van der Waals surface area contributed by atoms with Crippen LogP contribution in [0.2, 0.25) is 0 Å². The molecule has 5 unspecified atom stereocenters. The fourth-order valence-electron chi connectivity index (χ4n) is 6.73. The molecule has 2 rings (SSSR count). The molecular formula is C39H67N2O21P. The van der Waals surface area contributed by atoms with E-state index in [0.717, 1.165) is 0 Å². The summed E-state index contributed by atoms with van der Waals surface area (Å²) in [4.78, 5) is 97.2. The Balaban J connectivity index is 2.59. The van der Waals surface area contributed by atoms with Gasteiger partial charge in [-0.1, -0.05) is 41.5 Å². The highest BCUT2D eigenvalue weighted by molar-refractivity contribution is 7.51. The second-order valence-corrected chi connectivity index (χ2v) is 17.1. The first-order valence-electron chi connectivity index (χ1n) is 21.3. The summed E-state index contributed by atoms with van der Waals surface area (Å²) in [5.41, 5.74) is 0. The van der Waals surface area contributed by atoms with Crippen molar-refractivity contribution in [3.8, 4) is 0 Å². The lowest BCUT2D eigenvalue weighted by Crippen LogP contribution is -2.67. The molecule has 23 nitrogen and oxygen atoms in total. The maximum atomic E-state index is 13.7. The van der Waals surface area contributed by atoms with Crippen LogP contribution in [0.15, 0.2) is 0 Å². The molecule has 2 heterocycles. The standard InChI is InChI=1S/C39H67N2O21P/c1-7-20(43)13-27(45)40-33-37(62-31(49)14-21(44)8-2)35(51)26(59-38(33)52)18-56-39-34(41-28(46)15-22(9-3)57-29(47)11-5)36(24(19-63(53,54)55)25(17-42)60-39)61-32(50)16-23(10-4)58-30(48)12-6/h20-26,33-39,42-44,51-52H,7-19H2,1-6H3,(H,40,45)(H,41,46)(H2,53,54,55)/t20-,21-,22-,23-,24+,25?,26?,33?,34?,35+,36+,37-,38?,39-/m1/s1. The highest BCUT2D eigenvalue weighted by Gasteiger charge is 2.53. The molecule has 0 aliphatic carbocycles. The third kappa shape index (κ3) is 18.6. The predicted molar refractivity (Wildman–Crippen MR) is 215 cm³/mol. The minimum atomic E-state index is -5.00. The number of esters is 4. The fourth-order valence-corrected chi connectivity index (χ4v) is 7.72. The van der Waals surface area contributed by atoms with Crippen molar-refractivity contribution in [3.05, 3.63) is 0 Å². The van der Waals surface area contributed by atoms with Gasteiger partial charge < -0.3 is 79.1 Å². The molecule has 2 aliphatic heterocycles. The van der Waals surface area contributed by atoms with Crippen molar-refractivity contribution in [1.29, 1.82) is 0 Å². The van der Waals surface area contributed by atoms with Crippen LogP contribution >= 0.6 is 7.60 Å². The van der Waals surface area contributed by atoms with Crippen LogP contribution < -0.4 is 10.6 Å². The molecule has 9 N–H and O–H groups in total. The zero-order valence-corrected chi connectivity index (χ0v) is 37.5. The molecule has 0 bridgehead atoms. The molecule has 0 radical (unpaired) electrons. The summed E-state index contributed by atoms with van der Waals surface area (Å²) in [5.74, 6) is -6.46. The molecule has 0 aromatic heterocycles. The van der Waals surface area contributed by atoms with Crippen molar-refractivity contribution in [2.75, 3.05) is 19.4 Å². The Kier molecular flexibility index (Phi) is 24.1. The highest BCUT2D eigenvalue weighted by Crippen LogP contribution is 2.43. The van der Waals surface area contributed by atoms with Crippen molar-refractivity contribution >= 4 is 43.3 Å². The summed E-state index contributed by atoms with van der Waals surface area (Å²) < 4.78 is 51.9. The van der Waals surface area contributed by atoms with Gasteiger partial charge in [-0.05, 0) is 25.7 Å². The number of carbonyl (C=O) groups excluding carboxylic acids is 6. The largest absolute Gasteiger partial charge is 0.462 e. The van der Waals surface area contributed by atoms with Gasteiger partial charge in [-0.2, -0.15) is 0 Å². The zero-order chi connectivity index (χ0) is 47.6. The summed E-state index contributed by atoms with van der Waals surface area (Å²) in [6, 6.07) is -3.29. The quantitative estimate of drug-likeness (QED) is 0.0284. The van der Waals surface area contributed by atoms with Gasteiger partial charge in [-0.15, -0.1) is 0 Å². The first-order valence-corrected chi connectivity index (χ1v) is 23.1. The molecule has 63 heavy (non-hydrogen) atoms. The van der Waals surface area contributed by atoms with Gasteiger partial charge in [-0.25, -0.2) is 0 Å². The Hall–Kier alpha value is -3.35. The Morgan fingerprint density at radius 1 is 0.651 bits per heavy atom. The lowest BCUT2D eigenvalue weighted by Gasteiger charge is -2.47. The molecule has 0 aromatic carbocycles. The van der Waals surface area contributed by atoms with E-state index in [-0.39, 0.29) is 38.5 Å². The number of hydrogen-bond donors (Lipinski definition) is 9. The molecule has 2 amide bonds. The third-order valence-corrected chi connectivity index (χ3v) is 11.3. The average Bonchev–Trinajstić information content (AvgIpc) is 3.22. The minimum Gasteiger partial charge on any atom is -0.462 e. The molecule has 2 fully saturated rings. The Morgan fingerprint density at radius 2 is 1.16 bits per heavy atom. The van der Waals surface area contributed by atoms with E-state index in [0.29, 0.717) is 0 Å². The van der Waals surface area contributed by atoms with Gasteiger partial charge in [0.05, 0.1) is 63.4 Å². The molecule has 364 valence electrons. The Labute approximate surface area is 365 Å². The zero-order valence-electron chi connectivity index (χ0n) is 36.6. The van der Waals surface area contributed by atoms with Crippen molar-refractivity contribution in [2.24, 2.45) is 5.92 Å². The van der Waals surface area contributed by atoms with E-state index in [1.807, 2.05) is 0 Å². The van der Waals surface area contributed by atoms with Gasteiger partial charge in [0.1, 0.15) is 42.6 Å². The number of aliphatic hydroxyl groups is 5. The number of hydrogen-bond acceptors (Lipinski definition) is 19.